The van der Waals surface area contributed by atoms with Gasteiger partial charge in [-0.05, 0) is 44.9 Å². The molecule has 0 atom stereocenters. The summed E-state index contributed by atoms with van der Waals surface area (Å²) < 4.78 is 2.11. The molecule has 0 bridgehead atoms. The second-order valence-corrected chi connectivity index (χ2v) is 4.23. The van der Waals surface area contributed by atoms with E-state index >= 15 is 0 Å². The number of hydrogen-bond acceptors (Lipinski definition) is 0. The zero-order valence-electron chi connectivity index (χ0n) is 6.14. The van der Waals surface area contributed by atoms with Crippen molar-refractivity contribution in [1.29, 1.82) is 0 Å². The molecule has 0 saturated carbocycles. The highest BCUT2D eigenvalue weighted by molar-refractivity contribution is 9.11. The van der Waals surface area contributed by atoms with Crippen LogP contribution in [0.2, 0.25) is 0 Å². The number of benzene rings is 2. The molecule has 0 aliphatic heterocycles. The van der Waals surface area contributed by atoms with E-state index < -0.39 is 0 Å². The van der Waals surface area contributed by atoms with Gasteiger partial charge in [-0.2, -0.15) is 0 Å². The van der Waals surface area contributed by atoms with Crippen LogP contribution in [0.4, 0.5) is 0 Å². The Hall–Kier alpha value is -0.340. The molecule has 0 N–H and O–H groups in total. The minimum atomic E-state index is 1.02. The van der Waals surface area contributed by atoms with E-state index in [0.29, 0.717) is 0 Å². The van der Waals surface area contributed by atoms with Gasteiger partial charge in [0.15, 0.2) is 0 Å². The smallest absolute Gasteiger partial charge is 0.0332 e. The second kappa shape index (κ2) is 3.19. The van der Waals surface area contributed by atoms with Crippen LogP contribution in [-0.4, -0.2) is 0 Å². The fraction of sp³-hybridized carbons (Fsp3) is 0. The van der Waals surface area contributed by atoms with E-state index in [1.54, 1.807) is 0 Å². The van der Waals surface area contributed by atoms with E-state index in [0.717, 1.165) is 8.95 Å². The minimum absolute atomic E-state index is 1.02. The Labute approximate surface area is 87.8 Å². The van der Waals surface area contributed by atoms with Gasteiger partial charge in [-0.3, -0.25) is 0 Å². The van der Waals surface area contributed by atoms with Crippen molar-refractivity contribution in [2.45, 2.75) is 0 Å². The van der Waals surface area contributed by atoms with Crippen LogP contribution in [0.1, 0.15) is 0 Å². The predicted octanol–water partition coefficient (Wildman–Crippen LogP) is 4.16. The molecule has 0 fully saturated rings. The van der Waals surface area contributed by atoms with Gasteiger partial charge < -0.3 is 0 Å². The van der Waals surface area contributed by atoms with Crippen LogP contribution in [-0.2, 0) is 0 Å². The van der Waals surface area contributed by atoms with E-state index in [9.17, 15) is 0 Å². The van der Waals surface area contributed by atoms with E-state index in [1.165, 1.54) is 10.8 Å². The first-order valence-corrected chi connectivity index (χ1v) is 5.11. The van der Waals surface area contributed by atoms with Crippen molar-refractivity contribution >= 4 is 42.6 Å². The minimum Gasteiger partial charge on any atom is -0.0537 e. The van der Waals surface area contributed by atoms with Crippen LogP contribution in [0, 0.1) is 6.07 Å². The molecular weight excluding hydrogens is 280 g/mol. The summed E-state index contributed by atoms with van der Waals surface area (Å²) in [4.78, 5) is 0. The lowest BCUT2D eigenvalue weighted by molar-refractivity contribution is 1.66. The van der Waals surface area contributed by atoms with E-state index in [1.807, 2.05) is 18.2 Å². The molecule has 59 valence electrons. The summed E-state index contributed by atoms with van der Waals surface area (Å²) in [6.07, 6.45) is 0. The molecule has 0 saturated heterocycles. The van der Waals surface area contributed by atoms with Crippen molar-refractivity contribution in [3.8, 4) is 0 Å². The summed E-state index contributed by atoms with van der Waals surface area (Å²) in [6, 6.07) is 13.3. The van der Waals surface area contributed by atoms with Gasteiger partial charge in [-0.25, -0.2) is 0 Å². The second-order valence-electron chi connectivity index (χ2n) is 2.52. The molecule has 12 heavy (non-hydrogen) atoms. The highest BCUT2D eigenvalue weighted by Crippen LogP contribution is 2.25. The lowest BCUT2D eigenvalue weighted by Crippen LogP contribution is -1.74. The molecule has 1 radical (unpaired) electrons. The highest BCUT2D eigenvalue weighted by Gasteiger charge is 1.97. The van der Waals surface area contributed by atoms with E-state index in [-0.39, 0.29) is 0 Å². The molecule has 2 aromatic rings. The van der Waals surface area contributed by atoms with Crippen molar-refractivity contribution in [2.24, 2.45) is 0 Å². The van der Waals surface area contributed by atoms with Gasteiger partial charge in [0.25, 0.3) is 0 Å². The Kier molecular flexibility index (Phi) is 2.20. The lowest BCUT2D eigenvalue weighted by Gasteiger charge is -1.99. The first kappa shape index (κ1) is 8.27. The molecule has 0 aromatic heterocycles. The van der Waals surface area contributed by atoms with Gasteiger partial charge >= 0.3 is 0 Å². The fourth-order valence-electron chi connectivity index (χ4n) is 1.15. The summed E-state index contributed by atoms with van der Waals surface area (Å²) in [5.41, 5.74) is 0. The molecule has 0 aliphatic rings. The lowest BCUT2D eigenvalue weighted by atomic mass is 10.1. The maximum atomic E-state index is 3.45. The topological polar surface area (TPSA) is 0 Å². The third kappa shape index (κ3) is 1.41. The van der Waals surface area contributed by atoms with Crippen LogP contribution < -0.4 is 0 Å². The molecule has 2 aromatic carbocycles. The quantitative estimate of drug-likeness (QED) is 0.681. The Morgan fingerprint density at radius 1 is 1.08 bits per heavy atom. The van der Waals surface area contributed by atoms with Gasteiger partial charge in [0, 0.05) is 8.95 Å². The molecule has 2 heteroatoms. The Balaban J connectivity index is 2.88. The standard InChI is InChI=1S/C10H5Br2/c11-8-5-4-7-2-1-3-10(12)9(7)6-8/h1-2,4-6H. The molecule has 0 spiro atoms. The van der Waals surface area contributed by atoms with Gasteiger partial charge in [0.2, 0.25) is 0 Å². The third-order valence-electron chi connectivity index (χ3n) is 1.72. The summed E-state index contributed by atoms with van der Waals surface area (Å²) >= 11 is 6.89. The van der Waals surface area contributed by atoms with E-state index in [4.69, 9.17) is 0 Å². The largest absolute Gasteiger partial charge is 0.0537 e. The monoisotopic (exact) mass is 283 g/mol. The molecule has 0 heterocycles. The van der Waals surface area contributed by atoms with Crippen LogP contribution >= 0.6 is 31.9 Å². The SMILES string of the molecule is Brc1ccc2cc[c]c(Br)c2c1. The van der Waals surface area contributed by atoms with Crippen LogP contribution in [0.5, 0.6) is 0 Å². The van der Waals surface area contributed by atoms with Crippen molar-refractivity contribution in [2.75, 3.05) is 0 Å². The highest BCUT2D eigenvalue weighted by atomic mass is 79.9. The molecule has 0 amide bonds. The number of hydrogen-bond donors (Lipinski definition) is 0. The number of halogens is 2. The van der Waals surface area contributed by atoms with Gasteiger partial charge in [-0.15, -0.1) is 0 Å². The van der Waals surface area contributed by atoms with Crippen molar-refractivity contribution in [3.05, 3.63) is 45.3 Å². The van der Waals surface area contributed by atoms with Gasteiger partial charge in [0.05, 0.1) is 0 Å². The van der Waals surface area contributed by atoms with Crippen molar-refractivity contribution in [1.82, 2.24) is 0 Å². The average Bonchev–Trinajstić information content (AvgIpc) is 2.07. The number of fused-ring (bicyclic) bond motifs is 1. The Bertz CT molecular complexity index is 421. The summed E-state index contributed by atoms with van der Waals surface area (Å²) in [5, 5.41) is 2.41. The first-order chi connectivity index (χ1) is 5.77. The maximum absolute atomic E-state index is 3.45. The zero-order chi connectivity index (χ0) is 8.55. The molecular formula is C10H5Br2. The average molecular weight is 285 g/mol. The van der Waals surface area contributed by atoms with Gasteiger partial charge in [-0.1, -0.05) is 34.1 Å². The predicted molar refractivity (Wildman–Crippen MR) is 58.2 cm³/mol. The fourth-order valence-corrected chi connectivity index (χ4v) is 1.98. The molecule has 2 rings (SSSR count). The van der Waals surface area contributed by atoms with Crippen molar-refractivity contribution in [3.63, 3.8) is 0 Å². The van der Waals surface area contributed by atoms with Gasteiger partial charge in [0.1, 0.15) is 0 Å². The molecule has 0 aliphatic carbocycles. The Morgan fingerprint density at radius 3 is 2.75 bits per heavy atom. The Morgan fingerprint density at radius 2 is 1.92 bits per heavy atom. The third-order valence-corrected chi connectivity index (χ3v) is 2.87. The zero-order valence-corrected chi connectivity index (χ0v) is 9.31. The number of rotatable bonds is 0. The first-order valence-electron chi connectivity index (χ1n) is 3.53. The summed E-state index contributed by atoms with van der Waals surface area (Å²) in [5.74, 6) is 0. The van der Waals surface area contributed by atoms with Crippen LogP contribution in [0.15, 0.2) is 39.3 Å². The summed E-state index contributed by atoms with van der Waals surface area (Å²) in [6.45, 7) is 0. The molecule has 0 nitrogen and oxygen atoms in total. The van der Waals surface area contributed by atoms with Crippen molar-refractivity contribution < 1.29 is 0 Å². The normalized spacial score (nSPS) is 10.5. The van der Waals surface area contributed by atoms with Crippen LogP contribution in [0.25, 0.3) is 10.8 Å². The maximum Gasteiger partial charge on any atom is 0.0332 e. The molecule has 0 unspecified atom stereocenters. The summed E-state index contributed by atoms with van der Waals surface area (Å²) in [7, 11) is 0. The van der Waals surface area contributed by atoms with E-state index in [2.05, 4.69) is 50.1 Å². The van der Waals surface area contributed by atoms with Crippen LogP contribution in [0.3, 0.4) is 0 Å².